The molecule has 0 spiro atoms. The number of fused-ring (bicyclic) bond motifs is 1. The predicted molar refractivity (Wildman–Crippen MR) is 117 cm³/mol. The lowest BCUT2D eigenvalue weighted by molar-refractivity contribution is 0.0347. The normalized spacial score (nSPS) is 22.0. The first-order valence-corrected chi connectivity index (χ1v) is 10.9. The molecule has 0 amide bonds. The zero-order chi connectivity index (χ0) is 21.6. The highest BCUT2D eigenvalue weighted by molar-refractivity contribution is 5.80. The van der Waals surface area contributed by atoms with Gasteiger partial charge in [-0.05, 0) is 26.3 Å². The van der Waals surface area contributed by atoms with Crippen LogP contribution in [0.15, 0.2) is 29.3 Å². The Morgan fingerprint density at radius 3 is 2.94 bits per heavy atom. The monoisotopic (exact) mass is 428 g/mol. The number of guanidine groups is 1. The highest BCUT2D eigenvalue weighted by Crippen LogP contribution is 2.31. The summed E-state index contributed by atoms with van der Waals surface area (Å²) in [5.41, 5.74) is 1.14. The molecule has 0 aliphatic carbocycles. The van der Waals surface area contributed by atoms with Crippen molar-refractivity contribution < 1.29 is 14.2 Å². The number of aromatic nitrogens is 3. The minimum atomic E-state index is 0.0863. The molecule has 0 radical (unpaired) electrons. The number of ether oxygens (including phenoxy) is 3. The smallest absolute Gasteiger partial charge is 0.192 e. The Labute approximate surface area is 183 Å². The van der Waals surface area contributed by atoms with E-state index in [2.05, 4.69) is 33.8 Å². The fraction of sp³-hybridized carbons (Fsp3) is 0.591. The molecule has 168 valence electrons. The van der Waals surface area contributed by atoms with Gasteiger partial charge in [-0.25, -0.2) is 4.99 Å². The van der Waals surface area contributed by atoms with Gasteiger partial charge < -0.3 is 29.4 Å². The summed E-state index contributed by atoms with van der Waals surface area (Å²) < 4.78 is 19.1. The van der Waals surface area contributed by atoms with E-state index in [0.717, 1.165) is 48.4 Å². The number of nitrogens with one attached hydrogen (secondary N) is 2. The van der Waals surface area contributed by atoms with Crippen molar-refractivity contribution in [3.8, 4) is 5.75 Å². The highest BCUT2D eigenvalue weighted by Gasteiger charge is 2.23. The van der Waals surface area contributed by atoms with Crippen LogP contribution < -0.4 is 15.4 Å². The van der Waals surface area contributed by atoms with Crippen LogP contribution in [0, 0.1) is 6.92 Å². The average Bonchev–Trinajstić information content (AvgIpc) is 3.41. The molecule has 3 heterocycles. The summed E-state index contributed by atoms with van der Waals surface area (Å²) in [5.74, 6) is 3.33. The second-order valence-electron chi connectivity index (χ2n) is 8.12. The third-order valence-electron chi connectivity index (χ3n) is 5.68. The van der Waals surface area contributed by atoms with E-state index in [1.54, 1.807) is 0 Å². The van der Waals surface area contributed by atoms with Crippen LogP contribution in [0.1, 0.15) is 43.0 Å². The molecule has 3 unspecified atom stereocenters. The van der Waals surface area contributed by atoms with Crippen LogP contribution >= 0.6 is 0 Å². The van der Waals surface area contributed by atoms with E-state index >= 15 is 0 Å². The first-order chi connectivity index (χ1) is 15.1. The molecule has 1 fully saturated rings. The van der Waals surface area contributed by atoms with Crippen molar-refractivity contribution in [1.29, 1.82) is 0 Å². The number of rotatable bonds is 7. The molecule has 2 aliphatic rings. The van der Waals surface area contributed by atoms with Crippen molar-refractivity contribution in [1.82, 2.24) is 25.4 Å². The quantitative estimate of drug-likeness (QED) is 0.514. The minimum Gasteiger partial charge on any atom is -0.493 e. The summed E-state index contributed by atoms with van der Waals surface area (Å²) in [5, 5.41) is 15.4. The Morgan fingerprint density at radius 2 is 2.16 bits per heavy atom. The lowest BCUT2D eigenvalue weighted by atomic mass is 10.0. The van der Waals surface area contributed by atoms with Crippen LogP contribution in [0.3, 0.4) is 0 Å². The van der Waals surface area contributed by atoms with Crippen molar-refractivity contribution in [2.45, 2.75) is 51.4 Å². The summed E-state index contributed by atoms with van der Waals surface area (Å²) in [7, 11) is 1.95. The van der Waals surface area contributed by atoms with Gasteiger partial charge in [-0.3, -0.25) is 0 Å². The van der Waals surface area contributed by atoms with Gasteiger partial charge in [-0.2, -0.15) is 0 Å². The van der Waals surface area contributed by atoms with Crippen molar-refractivity contribution in [2.75, 3.05) is 26.4 Å². The molecule has 9 heteroatoms. The van der Waals surface area contributed by atoms with Crippen molar-refractivity contribution >= 4 is 5.96 Å². The number of para-hydroxylation sites is 1. The Morgan fingerprint density at radius 1 is 1.29 bits per heavy atom. The van der Waals surface area contributed by atoms with Gasteiger partial charge in [0.25, 0.3) is 0 Å². The lowest BCUT2D eigenvalue weighted by Gasteiger charge is -2.29. The molecule has 4 rings (SSSR count). The summed E-state index contributed by atoms with van der Waals surface area (Å²) in [6.45, 7) is 7.17. The molecule has 2 aromatic rings. The van der Waals surface area contributed by atoms with Gasteiger partial charge in [0.05, 0.1) is 32.0 Å². The fourth-order valence-corrected chi connectivity index (χ4v) is 3.73. The van der Waals surface area contributed by atoms with Crippen LogP contribution in [0.25, 0.3) is 0 Å². The molecule has 1 aromatic carbocycles. The van der Waals surface area contributed by atoms with Gasteiger partial charge in [0.1, 0.15) is 18.1 Å². The molecule has 2 N–H and O–H groups in total. The second-order valence-corrected chi connectivity index (χ2v) is 8.12. The summed E-state index contributed by atoms with van der Waals surface area (Å²) in [4.78, 5) is 4.80. The van der Waals surface area contributed by atoms with Gasteiger partial charge in [0, 0.05) is 31.7 Å². The van der Waals surface area contributed by atoms with Gasteiger partial charge in [0.2, 0.25) is 0 Å². The zero-order valence-electron chi connectivity index (χ0n) is 18.5. The highest BCUT2D eigenvalue weighted by atomic mass is 16.5. The molecule has 0 bridgehead atoms. The summed E-state index contributed by atoms with van der Waals surface area (Å²) in [6.07, 6.45) is 2.00. The number of hydrogen-bond donors (Lipinski definition) is 2. The van der Waals surface area contributed by atoms with Crippen molar-refractivity contribution in [3.63, 3.8) is 0 Å². The molecular weight excluding hydrogens is 396 g/mol. The Bertz CT molecular complexity index is 893. The van der Waals surface area contributed by atoms with E-state index < -0.39 is 0 Å². The summed E-state index contributed by atoms with van der Waals surface area (Å²) in [6, 6.07) is 8.35. The van der Waals surface area contributed by atoms with E-state index in [0.29, 0.717) is 26.4 Å². The van der Waals surface area contributed by atoms with Gasteiger partial charge in [-0.1, -0.05) is 18.2 Å². The predicted octanol–water partition coefficient (Wildman–Crippen LogP) is 1.88. The summed E-state index contributed by atoms with van der Waals surface area (Å²) >= 11 is 0. The largest absolute Gasteiger partial charge is 0.493 e. The van der Waals surface area contributed by atoms with E-state index in [1.165, 1.54) is 0 Å². The SMILES string of the molecule is Cc1nnc(CN=C(NC(C)COC2CCOC2)NC2CCOc3ccccc32)n1C. The number of nitrogens with zero attached hydrogens (tertiary/aromatic N) is 4. The molecule has 2 aliphatic heterocycles. The third-order valence-corrected chi connectivity index (χ3v) is 5.68. The zero-order valence-corrected chi connectivity index (χ0v) is 18.5. The average molecular weight is 429 g/mol. The molecular formula is C22H32N6O3. The van der Waals surface area contributed by atoms with Crippen molar-refractivity contribution in [2.24, 2.45) is 12.0 Å². The fourth-order valence-electron chi connectivity index (χ4n) is 3.73. The van der Waals surface area contributed by atoms with E-state index in [9.17, 15) is 0 Å². The number of aryl methyl sites for hydroxylation is 1. The standard InChI is InChI=1S/C22H32N6O3/c1-15(13-31-17-8-10-29-14-17)24-22(23-12-21-27-26-16(2)28(21)3)25-19-9-11-30-20-7-5-4-6-18(19)20/h4-7,15,17,19H,8-14H2,1-3H3,(H2,23,24,25). The third kappa shape index (κ3) is 5.54. The Balaban J connectivity index is 1.45. The maximum atomic E-state index is 5.98. The number of benzene rings is 1. The molecule has 1 aromatic heterocycles. The molecule has 1 saturated heterocycles. The van der Waals surface area contributed by atoms with Crippen LogP contribution in [-0.2, 0) is 23.1 Å². The van der Waals surface area contributed by atoms with Crippen LogP contribution in [-0.4, -0.2) is 59.3 Å². The second kappa shape index (κ2) is 10.1. The maximum Gasteiger partial charge on any atom is 0.192 e. The minimum absolute atomic E-state index is 0.0863. The van der Waals surface area contributed by atoms with Gasteiger partial charge >= 0.3 is 0 Å². The topological polar surface area (TPSA) is 94.8 Å². The van der Waals surface area contributed by atoms with Gasteiger partial charge in [-0.15, -0.1) is 10.2 Å². The van der Waals surface area contributed by atoms with E-state index in [1.807, 2.05) is 36.7 Å². The Kier molecular flexibility index (Phi) is 7.03. The Hall–Kier alpha value is -2.65. The van der Waals surface area contributed by atoms with Crippen molar-refractivity contribution in [3.05, 3.63) is 41.5 Å². The lowest BCUT2D eigenvalue weighted by Crippen LogP contribution is -2.46. The van der Waals surface area contributed by atoms with Gasteiger partial charge in [0.15, 0.2) is 11.8 Å². The van der Waals surface area contributed by atoms with Crippen LogP contribution in [0.4, 0.5) is 0 Å². The van der Waals surface area contributed by atoms with E-state index in [-0.39, 0.29) is 18.2 Å². The first kappa shape index (κ1) is 21.6. The first-order valence-electron chi connectivity index (χ1n) is 10.9. The van der Waals surface area contributed by atoms with E-state index in [4.69, 9.17) is 19.2 Å². The molecule has 31 heavy (non-hydrogen) atoms. The maximum absolute atomic E-state index is 5.98. The molecule has 0 saturated carbocycles. The number of hydrogen-bond acceptors (Lipinski definition) is 6. The number of aliphatic imine (C=N–C) groups is 1. The van der Waals surface area contributed by atoms with Crippen LogP contribution in [0.2, 0.25) is 0 Å². The van der Waals surface area contributed by atoms with Crippen LogP contribution in [0.5, 0.6) is 5.75 Å². The molecule has 3 atom stereocenters. The molecule has 9 nitrogen and oxygen atoms in total.